The Balaban J connectivity index is 2.47. The Labute approximate surface area is 98.5 Å². The van der Waals surface area contributed by atoms with E-state index in [4.69, 9.17) is 0 Å². The average Bonchev–Trinajstić information content (AvgIpc) is 2.20. The molecule has 0 saturated heterocycles. The van der Waals surface area contributed by atoms with Crippen LogP contribution in [0.4, 0.5) is 4.39 Å². The van der Waals surface area contributed by atoms with Crippen LogP contribution in [0.3, 0.4) is 0 Å². The minimum Gasteiger partial charge on any atom is -0.319 e. The second-order valence-electron chi connectivity index (χ2n) is 3.30. The molecule has 0 aliphatic rings. The summed E-state index contributed by atoms with van der Waals surface area (Å²) in [6.07, 6.45) is 6.10. The van der Waals surface area contributed by atoms with Crippen molar-refractivity contribution in [3.05, 3.63) is 46.2 Å². The SMILES string of the molecule is CNCCC=CCc1ccc(F)cc1Br. The van der Waals surface area contributed by atoms with E-state index in [0.29, 0.717) is 0 Å². The summed E-state index contributed by atoms with van der Waals surface area (Å²) in [5.74, 6) is -0.204. The fraction of sp³-hybridized carbons (Fsp3) is 0.333. The van der Waals surface area contributed by atoms with Crippen LogP contribution in [0.25, 0.3) is 0 Å². The maximum Gasteiger partial charge on any atom is 0.124 e. The van der Waals surface area contributed by atoms with E-state index in [2.05, 4.69) is 33.4 Å². The van der Waals surface area contributed by atoms with Gasteiger partial charge in [0.05, 0.1) is 0 Å². The lowest BCUT2D eigenvalue weighted by molar-refractivity contribution is 0.626. The molecular formula is C12H15BrFN. The predicted molar refractivity (Wildman–Crippen MR) is 65.5 cm³/mol. The van der Waals surface area contributed by atoms with Crippen molar-refractivity contribution in [3.63, 3.8) is 0 Å². The highest BCUT2D eigenvalue weighted by Gasteiger charge is 1.98. The van der Waals surface area contributed by atoms with Gasteiger partial charge in [-0.1, -0.05) is 34.1 Å². The molecule has 1 aromatic carbocycles. The summed E-state index contributed by atoms with van der Waals surface area (Å²) in [4.78, 5) is 0. The van der Waals surface area contributed by atoms with Gasteiger partial charge in [0.1, 0.15) is 5.82 Å². The zero-order chi connectivity index (χ0) is 11.1. The molecule has 1 nitrogen and oxygen atoms in total. The molecule has 0 atom stereocenters. The van der Waals surface area contributed by atoms with Crippen molar-refractivity contribution in [1.82, 2.24) is 5.32 Å². The van der Waals surface area contributed by atoms with E-state index < -0.39 is 0 Å². The van der Waals surface area contributed by atoms with Crippen LogP contribution >= 0.6 is 15.9 Å². The van der Waals surface area contributed by atoms with E-state index in [1.807, 2.05) is 13.1 Å². The van der Waals surface area contributed by atoms with E-state index >= 15 is 0 Å². The number of hydrogen-bond donors (Lipinski definition) is 1. The highest BCUT2D eigenvalue weighted by Crippen LogP contribution is 2.18. The molecule has 15 heavy (non-hydrogen) atoms. The molecule has 0 amide bonds. The first-order chi connectivity index (χ1) is 7.24. The largest absolute Gasteiger partial charge is 0.319 e. The van der Waals surface area contributed by atoms with Crippen LogP contribution in [0.2, 0.25) is 0 Å². The lowest BCUT2D eigenvalue weighted by atomic mass is 10.1. The van der Waals surface area contributed by atoms with Crippen LogP contribution < -0.4 is 5.32 Å². The summed E-state index contributed by atoms with van der Waals surface area (Å²) in [5.41, 5.74) is 1.11. The quantitative estimate of drug-likeness (QED) is 0.640. The molecule has 1 rings (SSSR count). The Bertz CT molecular complexity index is 336. The monoisotopic (exact) mass is 271 g/mol. The van der Waals surface area contributed by atoms with Crippen molar-refractivity contribution in [1.29, 1.82) is 0 Å². The lowest BCUT2D eigenvalue weighted by Crippen LogP contribution is -2.05. The molecule has 82 valence electrons. The Kier molecular flexibility index (Phi) is 5.58. The number of rotatable bonds is 5. The van der Waals surface area contributed by atoms with Crippen molar-refractivity contribution in [2.45, 2.75) is 12.8 Å². The number of nitrogens with one attached hydrogen (secondary N) is 1. The van der Waals surface area contributed by atoms with Gasteiger partial charge in [0, 0.05) is 4.47 Å². The van der Waals surface area contributed by atoms with Gasteiger partial charge in [-0.25, -0.2) is 4.39 Å². The van der Waals surface area contributed by atoms with Crippen molar-refractivity contribution < 1.29 is 4.39 Å². The van der Waals surface area contributed by atoms with Gasteiger partial charge in [0.2, 0.25) is 0 Å². The van der Waals surface area contributed by atoms with E-state index in [-0.39, 0.29) is 5.82 Å². The molecule has 0 radical (unpaired) electrons. The van der Waals surface area contributed by atoms with Crippen LogP contribution in [-0.2, 0) is 6.42 Å². The molecule has 0 heterocycles. The third kappa shape index (κ3) is 4.58. The summed E-state index contributed by atoms with van der Waals surface area (Å²) in [5, 5.41) is 3.08. The van der Waals surface area contributed by atoms with Crippen LogP contribution in [0.5, 0.6) is 0 Å². The normalized spacial score (nSPS) is 11.1. The molecule has 0 aliphatic carbocycles. The summed E-state index contributed by atoms with van der Waals surface area (Å²) in [6.45, 7) is 0.987. The van der Waals surface area contributed by atoms with Gasteiger partial charge in [-0.05, 0) is 44.1 Å². The number of hydrogen-bond acceptors (Lipinski definition) is 1. The highest BCUT2D eigenvalue weighted by atomic mass is 79.9. The second-order valence-corrected chi connectivity index (χ2v) is 4.16. The first-order valence-electron chi connectivity index (χ1n) is 4.97. The standard InChI is InChI=1S/C12H15BrFN/c1-15-8-4-2-3-5-10-6-7-11(14)9-12(10)13/h2-3,6-7,9,15H,4-5,8H2,1H3. The van der Waals surface area contributed by atoms with Crippen LogP contribution in [-0.4, -0.2) is 13.6 Å². The summed E-state index contributed by atoms with van der Waals surface area (Å²) in [7, 11) is 1.93. The minimum atomic E-state index is -0.204. The molecule has 0 saturated carbocycles. The first kappa shape index (κ1) is 12.4. The van der Waals surface area contributed by atoms with Crippen LogP contribution in [0.15, 0.2) is 34.8 Å². The fourth-order valence-corrected chi connectivity index (χ4v) is 1.76. The number of allylic oxidation sites excluding steroid dienone is 1. The zero-order valence-corrected chi connectivity index (χ0v) is 10.3. The Hall–Kier alpha value is -0.670. The summed E-state index contributed by atoms with van der Waals surface area (Å²) < 4.78 is 13.6. The molecule has 0 spiro atoms. The summed E-state index contributed by atoms with van der Waals surface area (Å²) in [6, 6.07) is 4.79. The Morgan fingerprint density at radius 2 is 2.20 bits per heavy atom. The molecule has 0 bridgehead atoms. The maximum atomic E-state index is 12.8. The molecular weight excluding hydrogens is 257 g/mol. The molecule has 3 heteroatoms. The second kappa shape index (κ2) is 6.75. The molecule has 0 fully saturated rings. The van der Waals surface area contributed by atoms with Crippen LogP contribution in [0.1, 0.15) is 12.0 Å². The minimum absolute atomic E-state index is 0.204. The van der Waals surface area contributed by atoms with Crippen molar-refractivity contribution in [2.24, 2.45) is 0 Å². The van der Waals surface area contributed by atoms with E-state index in [0.717, 1.165) is 29.4 Å². The topological polar surface area (TPSA) is 12.0 Å². The van der Waals surface area contributed by atoms with Gasteiger partial charge >= 0.3 is 0 Å². The van der Waals surface area contributed by atoms with Gasteiger partial charge in [-0.2, -0.15) is 0 Å². The van der Waals surface area contributed by atoms with Crippen LogP contribution in [0, 0.1) is 5.82 Å². The fourth-order valence-electron chi connectivity index (χ4n) is 1.24. The molecule has 1 aromatic rings. The summed E-state index contributed by atoms with van der Waals surface area (Å²) >= 11 is 3.34. The molecule has 0 unspecified atom stereocenters. The predicted octanol–water partition coefficient (Wildman–Crippen LogP) is 3.30. The van der Waals surface area contributed by atoms with E-state index in [1.165, 1.54) is 12.1 Å². The number of halogens is 2. The van der Waals surface area contributed by atoms with Gasteiger partial charge in [0.25, 0.3) is 0 Å². The van der Waals surface area contributed by atoms with E-state index in [1.54, 1.807) is 0 Å². The Morgan fingerprint density at radius 3 is 2.87 bits per heavy atom. The third-order valence-corrected chi connectivity index (χ3v) is 2.82. The highest BCUT2D eigenvalue weighted by molar-refractivity contribution is 9.10. The molecule has 1 N–H and O–H groups in total. The molecule has 0 aromatic heterocycles. The number of benzene rings is 1. The van der Waals surface area contributed by atoms with E-state index in [9.17, 15) is 4.39 Å². The lowest BCUT2D eigenvalue weighted by Gasteiger charge is -2.00. The van der Waals surface area contributed by atoms with Crippen molar-refractivity contribution in [2.75, 3.05) is 13.6 Å². The third-order valence-electron chi connectivity index (χ3n) is 2.08. The maximum absolute atomic E-state index is 12.8. The zero-order valence-electron chi connectivity index (χ0n) is 8.76. The average molecular weight is 272 g/mol. The van der Waals surface area contributed by atoms with Gasteiger partial charge in [0.15, 0.2) is 0 Å². The smallest absolute Gasteiger partial charge is 0.124 e. The van der Waals surface area contributed by atoms with Crippen molar-refractivity contribution >= 4 is 15.9 Å². The Morgan fingerprint density at radius 1 is 1.40 bits per heavy atom. The molecule has 0 aliphatic heterocycles. The first-order valence-corrected chi connectivity index (χ1v) is 5.77. The van der Waals surface area contributed by atoms with Gasteiger partial charge in [-0.15, -0.1) is 0 Å². The van der Waals surface area contributed by atoms with Crippen molar-refractivity contribution in [3.8, 4) is 0 Å². The van der Waals surface area contributed by atoms with Gasteiger partial charge < -0.3 is 5.32 Å². The van der Waals surface area contributed by atoms with Gasteiger partial charge in [-0.3, -0.25) is 0 Å².